The molecular weight excluding hydrogens is 865 g/mol. The van der Waals surface area contributed by atoms with Crippen molar-refractivity contribution in [1.29, 1.82) is 0 Å². The van der Waals surface area contributed by atoms with Crippen LogP contribution in [-0.4, -0.2) is 119 Å². The van der Waals surface area contributed by atoms with Crippen molar-refractivity contribution >= 4 is 47.1 Å². The Morgan fingerprint density at radius 2 is 0.485 bits per heavy atom. The first-order valence-electron chi connectivity index (χ1n) is 24.3. The highest BCUT2D eigenvalue weighted by atomic mass is 16.5. The fraction of sp³-hybridized carbons (Fsp3) is 0.750. The van der Waals surface area contributed by atoms with Gasteiger partial charge in [-0.25, -0.2) is 0 Å². The maximum absolute atomic E-state index is 13.2. The van der Waals surface area contributed by atoms with Crippen LogP contribution in [0.5, 0.6) is 0 Å². The summed E-state index contributed by atoms with van der Waals surface area (Å²) in [5.74, 6) is 2.13. The standard InChI is InChI=1S/C48H78N16O4/c1-41(2)21-31(22-42(3,4)61(41)65)51-37-55-35(56-38(59-37)52-32-23-43(5,6)62(66)44(7,8)24-32)49-29-17-19-30(20-18-29)50-36-57-39(53-33-25-45(9,10)63(67)46(11,12)26-33)60-40(58-36)54-34-27-47(13,14)64(68)48(15,16)28-34/h17-20,31-34H,21-28H2,1-16H3,(H3,49,51,52,55,56,59)(H3,50,53,54,57,58,60). The van der Waals surface area contributed by atoms with Gasteiger partial charge in [-0.3, -0.25) is 0 Å². The van der Waals surface area contributed by atoms with Gasteiger partial charge in [-0.15, -0.1) is 41.1 Å². The molecule has 0 saturated carbocycles. The van der Waals surface area contributed by atoms with Crippen LogP contribution in [0.1, 0.15) is 162 Å². The van der Waals surface area contributed by atoms with E-state index in [9.17, 15) is 20.8 Å². The lowest BCUT2D eigenvalue weighted by Gasteiger charge is -2.50. The lowest BCUT2D eigenvalue weighted by atomic mass is 9.79. The van der Waals surface area contributed by atoms with E-state index in [0.29, 0.717) is 98.4 Å². The molecule has 68 heavy (non-hydrogen) atoms. The minimum atomic E-state index is -0.597. The molecule has 6 N–H and O–H groups in total. The van der Waals surface area contributed by atoms with E-state index in [1.807, 2.05) is 135 Å². The maximum Gasteiger partial charge on any atom is 0.233 e. The second-order valence-corrected chi connectivity index (χ2v) is 25.1. The van der Waals surface area contributed by atoms with Gasteiger partial charge in [-0.05, 0) is 186 Å². The van der Waals surface area contributed by atoms with Crippen LogP contribution >= 0.6 is 0 Å². The van der Waals surface area contributed by atoms with Crippen LogP contribution in [0.25, 0.3) is 0 Å². The normalized spacial score (nSPS) is 25.4. The van der Waals surface area contributed by atoms with Crippen LogP contribution in [-0.2, 0) is 20.8 Å². The van der Waals surface area contributed by atoms with E-state index in [1.54, 1.807) is 0 Å². The summed E-state index contributed by atoms with van der Waals surface area (Å²) in [6.45, 7) is 31.4. The summed E-state index contributed by atoms with van der Waals surface area (Å²) < 4.78 is 0. The first-order valence-corrected chi connectivity index (χ1v) is 24.3. The van der Waals surface area contributed by atoms with Gasteiger partial charge in [0.15, 0.2) is 0 Å². The number of hydroxylamine groups is 8. The highest BCUT2D eigenvalue weighted by Gasteiger charge is 2.50. The molecule has 3 aromatic rings. The Hall–Kier alpha value is -4.28. The molecule has 7 rings (SSSR count). The molecule has 4 radical (unpaired) electrons. The zero-order chi connectivity index (χ0) is 50.2. The predicted octanol–water partition coefficient (Wildman–Crippen LogP) is 8.66. The number of nitrogens with zero attached hydrogens (tertiary/aromatic N) is 10. The number of hydrogen-bond acceptors (Lipinski definition) is 16. The summed E-state index contributed by atoms with van der Waals surface area (Å²) in [7, 11) is 0. The summed E-state index contributed by atoms with van der Waals surface area (Å²) in [5.41, 5.74) is -3.34. The van der Waals surface area contributed by atoms with Crippen molar-refractivity contribution in [2.75, 3.05) is 31.9 Å². The van der Waals surface area contributed by atoms with Crippen molar-refractivity contribution in [2.24, 2.45) is 0 Å². The van der Waals surface area contributed by atoms with Crippen LogP contribution < -0.4 is 31.9 Å². The fourth-order valence-corrected chi connectivity index (χ4v) is 12.2. The van der Waals surface area contributed by atoms with E-state index >= 15 is 0 Å². The molecule has 0 bridgehead atoms. The van der Waals surface area contributed by atoms with Gasteiger partial charge in [-0.1, -0.05) is 0 Å². The quantitative estimate of drug-likeness (QED) is 0.0995. The Labute approximate surface area is 403 Å². The lowest BCUT2D eigenvalue weighted by molar-refractivity contribution is -0.288. The minimum absolute atomic E-state index is 0.0730. The summed E-state index contributed by atoms with van der Waals surface area (Å²) in [4.78, 5) is 28.9. The number of aromatic nitrogens is 6. The number of benzene rings is 1. The fourth-order valence-electron chi connectivity index (χ4n) is 12.2. The van der Waals surface area contributed by atoms with Crippen molar-refractivity contribution in [2.45, 2.75) is 231 Å². The molecule has 6 heterocycles. The van der Waals surface area contributed by atoms with Crippen LogP contribution in [0.2, 0.25) is 0 Å². The topological polar surface area (TPSA) is 242 Å². The third-order valence-electron chi connectivity index (χ3n) is 14.4. The van der Waals surface area contributed by atoms with Gasteiger partial charge in [0.25, 0.3) is 0 Å². The van der Waals surface area contributed by atoms with Crippen molar-refractivity contribution in [1.82, 2.24) is 50.2 Å². The molecule has 20 nitrogen and oxygen atoms in total. The van der Waals surface area contributed by atoms with Crippen molar-refractivity contribution in [3.05, 3.63) is 24.3 Å². The number of rotatable bonds is 12. The van der Waals surface area contributed by atoms with E-state index in [0.717, 1.165) is 0 Å². The molecule has 1 aromatic carbocycles. The average molecular weight is 943 g/mol. The summed E-state index contributed by atoms with van der Waals surface area (Å²) in [5, 5.41) is 78.4. The summed E-state index contributed by atoms with van der Waals surface area (Å²) in [6.07, 6.45) is 4.78. The zero-order valence-corrected chi connectivity index (χ0v) is 43.4. The third kappa shape index (κ3) is 11.3. The molecule has 0 aliphatic carbocycles. The number of anilines is 8. The first kappa shape index (κ1) is 51.6. The third-order valence-corrected chi connectivity index (χ3v) is 14.4. The Balaban J connectivity index is 1.13. The van der Waals surface area contributed by atoms with Crippen molar-refractivity contribution < 1.29 is 20.8 Å². The van der Waals surface area contributed by atoms with Gasteiger partial charge < -0.3 is 31.9 Å². The molecule has 0 spiro atoms. The molecule has 4 saturated heterocycles. The van der Waals surface area contributed by atoms with Crippen molar-refractivity contribution in [3.63, 3.8) is 0 Å². The van der Waals surface area contributed by atoms with Crippen LogP contribution in [0, 0.1) is 0 Å². The number of piperidine rings is 4. The van der Waals surface area contributed by atoms with Crippen LogP contribution in [0.3, 0.4) is 0 Å². The van der Waals surface area contributed by atoms with Gasteiger partial charge in [0.05, 0.1) is 0 Å². The zero-order valence-electron chi connectivity index (χ0n) is 43.4. The molecule has 374 valence electrons. The molecule has 4 aliphatic rings. The Morgan fingerprint density at radius 1 is 0.324 bits per heavy atom. The second kappa shape index (κ2) is 17.8. The lowest BCUT2D eigenvalue weighted by Crippen LogP contribution is -2.61. The molecule has 0 atom stereocenters. The minimum Gasteiger partial charge on any atom is -0.351 e. The highest BCUT2D eigenvalue weighted by molar-refractivity contribution is 5.63. The summed E-state index contributed by atoms with van der Waals surface area (Å²) >= 11 is 0. The molecule has 2 aromatic heterocycles. The SMILES string of the molecule is CC1(C)CC(Nc2nc(Nc3ccc(Nc4nc(NC5CC(C)(C)N([O])C(C)(C)C5)nc(NC5CC(C)(C)N([O])C(C)(C)C5)n4)cc3)nc(NC3CC(C)(C)N([O])C(C)(C)C3)n2)CC(C)(C)N1[O]. The van der Waals surface area contributed by atoms with Crippen LogP contribution in [0.15, 0.2) is 24.3 Å². The van der Waals surface area contributed by atoms with Gasteiger partial charge in [0, 0.05) is 79.9 Å². The second-order valence-electron chi connectivity index (χ2n) is 25.1. The number of nitrogens with one attached hydrogen (secondary N) is 6. The van der Waals surface area contributed by atoms with Crippen LogP contribution in [0.4, 0.5) is 47.1 Å². The monoisotopic (exact) mass is 943 g/mol. The average Bonchev–Trinajstić information content (AvgIpc) is 3.17. The van der Waals surface area contributed by atoms with E-state index in [4.69, 9.17) is 29.9 Å². The molecule has 0 unspecified atom stereocenters. The molecular formula is C48H78N16O4. The molecule has 4 fully saturated rings. The Bertz CT molecular complexity index is 1910. The van der Waals surface area contributed by atoms with E-state index in [1.165, 1.54) is 20.3 Å². The smallest absolute Gasteiger partial charge is 0.233 e. The number of hydrogen-bond donors (Lipinski definition) is 6. The molecule has 0 amide bonds. The van der Waals surface area contributed by atoms with Gasteiger partial charge in [0.2, 0.25) is 35.7 Å². The van der Waals surface area contributed by atoms with E-state index < -0.39 is 44.3 Å². The Kier molecular flexibility index (Phi) is 13.5. The Morgan fingerprint density at radius 3 is 0.662 bits per heavy atom. The maximum atomic E-state index is 13.2. The first-order chi connectivity index (χ1) is 31.1. The van der Waals surface area contributed by atoms with Gasteiger partial charge >= 0.3 is 0 Å². The predicted molar refractivity (Wildman–Crippen MR) is 262 cm³/mol. The van der Waals surface area contributed by atoms with E-state index in [-0.39, 0.29) is 24.2 Å². The van der Waals surface area contributed by atoms with Crippen molar-refractivity contribution in [3.8, 4) is 0 Å². The highest BCUT2D eigenvalue weighted by Crippen LogP contribution is 2.42. The van der Waals surface area contributed by atoms with Gasteiger partial charge in [-0.2, -0.15) is 29.9 Å². The van der Waals surface area contributed by atoms with Gasteiger partial charge in [0.1, 0.15) is 0 Å². The molecule has 4 aliphatic heterocycles. The molecule has 20 heteroatoms. The largest absolute Gasteiger partial charge is 0.351 e. The van der Waals surface area contributed by atoms with E-state index in [2.05, 4.69) is 31.9 Å². The summed E-state index contributed by atoms with van der Waals surface area (Å²) in [6, 6.07) is 7.31.